The average Bonchev–Trinajstić information content (AvgIpc) is 2.94. The second-order valence-corrected chi connectivity index (χ2v) is 5.98. The highest BCUT2D eigenvalue weighted by atomic mass is 32.1. The van der Waals surface area contributed by atoms with Crippen LogP contribution in [-0.4, -0.2) is 36.2 Å². The summed E-state index contributed by atoms with van der Waals surface area (Å²) in [5.74, 6) is -3.22. The van der Waals surface area contributed by atoms with Crippen LogP contribution in [0, 0.1) is 11.6 Å². The first kappa shape index (κ1) is 19.5. The van der Waals surface area contributed by atoms with Crippen molar-refractivity contribution in [3.63, 3.8) is 0 Å². The van der Waals surface area contributed by atoms with Crippen molar-refractivity contribution in [3.05, 3.63) is 34.3 Å². The number of benzene rings is 1. The van der Waals surface area contributed by atoms with E-state index in [0.717, 1.165) is 4.90 Å². The van der Waals surface area contributed by atoms with Gasteiger partial charge in [0.15, 0.2) is 0 Å². The van der Waals surface area contributed by atoms with Crippen LogP contribution in [0.4, 0.5) is 37.6 Å². The van der Waals surface area contributed by atoms with Crippen LogP contribution in [-0.2, 0) is 6.18 Å². The van der Waals surface area contributed by atoms with Gasteiger partial charge in [-0.1, -0.05) is 11.3 Å². The lowest BCUT2D eigenvalue weighted by Gasteiger charge is -2.15. The zero-order valence-corrected chi connectivity index (χ0v) is 13.9. The first-order chi connectivity index (χ1) is 12.0. The summed E-state index contributed by atoms with van der Waals surface area (Å²) in [6.45, 7) is 0. The topological polar surface area (TPSA) is 87.2 Å². The summed E-state index contributed by atoms with van der Waals surface area (Å²) in [4.78, 5) is 24.6. The van der Waals surface area contributed by atoms with E-state index in [0.29, 0.717) is 12.1 Å². The molecular formula is C13H10F5N5O2S. The van der Waals surface area contributed by atoms with Crippen molar-refractivity contribution in [2.75, 3.05) is 24.3 Å². The van der Waals surface area contributed by atoms with Crippen LogP contribution in [0.15, 0.2) is 12.1 Å². The number of nitrogens with zero attached hydrogens (tertiary/aromatic N) is 3. The number of halogens is 5. The number of imide groups is 1. The Morgan fingerprint density at radius 2 is 1.69 bits per heavy atom. The first-order valence-corrected chi connectivity index (χ1v) is 7.50. The predicted molar refractivity (Wildman–Crippen MR) is 82.1 cm³/mol. The molecule has 0 radical (unpaired) electrons. The molecule has 0 aliphatic rings. The van der Waals surface area contributed by atoms with Crippen LogP contribution in [0.1, 0.15) is 15.4 Å². The lowest BCUT2D eigenvalue weighted by molar-refractivity contribution is -0.138. The zero-order valence-electron chi connectivity index (χ0n) is 13.1. The smallest absolute Gasteiger partial charge is 0.373 e. The van der Waals surface area contributed by atoms with Gasteiger partial charge in [0.25, 0.3) is 5.91 Å². The van der Waals surface area contributed by atoms with Crippen molar-refractivity contribution < 1.29 is 31.5 Å². The number of aromatic nitrogens is 2. The van der Waals surface area contributed by atoms with Gasteiger partial charge in [0, 0.05) is 19.7 Å². The number of hydrogen-bond acceptors (Lipinski definition) is 6. The molecule has 0 unspecified atom stereocenters. The second kappa shape index (κ2) is 7.19. The molecule has 0 bridgehead atoms. The highest BCUT2D eigenvalue weighted by molar-refractivity contribution is 7.15. The maximum absolute atomic E-state index is 13.8. The van der Waals surface area contributed by atoms with Crippen molar-refractivity contribution in [1.29, 1.82) is 0 Å². The van der Waals surface area contributed by atoms with Crippen molar-refractivity contribution in [3.8, 4) is 0 Å². The van der Waals surface area contributed by atoms with Crippen LogP contribution in [0.5, 0.6) is 0 Å². The van der Waals surface area contributed by atoms with Gasteiger partial charge in [-0.25, -0.2) is 13.6 Å². The standard InChI is InChI=1S/C13H10F5N5O2S/c1-23(2)8-6(14)3-5(4-7(8)15)9(24)19-11(25)20-12-22-21-10(26-12)13(16,17)18/h3-4H,1-2H3,(H2,19,20,22,24,25). The molecule has 0 spiro atoms. The number of carbonyl (C=O) groups is 2. The normalized spacial score (nSPS) is 11.2. The summed E-state index contributed by atoms with van der Waals surface area (Å²) in [5, 5.41) is 7.73. The molecular weight excluding hydrogens is 385 g/mol. The van der Waals surface area contributed by atoms with E-state index in [2.05, 4.69) is 10.2 Å². The van der Waals surface area contributed by atoms with Gasteiger partial charge in [0.1, 0.15) is 17.3 Å². The molecule has 13 heteroatoms. The van der Waals surface area contributed by atoms with Crippen LogP contribution in [0.2, 0.25) is 0 Å². The fourth-order valence-electron chi connectivity index (χ4n) is 1.82. The zero-order chi connectivity index (χ0) is 19.6. The molecule has 0 aliphatic heterocycles. The first-order valence-electron chi connectivity index (χ1n) is 6.68. The lowest BCUT2D eigenvalue weighted by atomic mass is 10.1. The molecule has 2 rings (SSSR count). The molecule has 1 aromatic carbocycles. The lowest BCUT2D eigenvalue weighted by Crippen LogP contribution is -2.34. The summed E-state index contributed by atoms with van der Waals surface area (Å²) in [7, 11) is 2.79. The molecule has 26 heavy (non-hydrogen) atoms. The van der Waals surface area contributed by atoms with Crippen LogP contribution >= 0.6 is 11.3 Å². The summed E-state index contributed by atoms with van der Waals surface area (Å²) >= 11 is 0.0451. The number of carbonyl (C=O) groups excluding carboxylic acids is 2. The van der Waals surface area contributed by atoms with Gasteiger partial charge in [-0.05, 0) is 12.1 Å². The number of hydrogen-bond donors (Lipinski definition) is 2. The quantitative estimate of drug-likeness (QED) is 0.781. The van der Waals surface area contributed by atoms with E-state index < -0.39 is 45.5 Å². The van der Waals surface area contributed by atoms with Crippen molar-refractivity contribution >= 4 is 34.1 Å². The molecule has 0 saturated heterocycles. The number of alkyl halides is 3. The molecule has 1 heterocycles. The Morgan fingerprint density at radius 3 is 2.15 bits per heavy atom. The van der Waals surface area contributed by atoms with E-state index in [9.17, 15) is 31.5 Å². The highest BCUT2D eigenvalue weighted by Crippen LogP contribution is 2.32. The molecule has 2 N–H and O–H groups in total. The second-order valence-electron chi connectivity index (χ2n) is 5.00. The third-order valence-corrected chi connectivity index (χ3v) is 3.72. The van der Waals surface area contributed by atoms with Gasteiger partial charge >= 0.3 is 12.2 Å². The summed E-state index contributed by atoms with van der Waals surface area (Å²) in [5.41, 5.74) is -0.867. The van der Waals surface area contributed by atoms with Gasteiger partial charge in [-0.15, -0.1) is 10.2 Å². The van der Waals surface area contributed by atoms with E-state index >= 15 is 0 Å². The van der Waals surface area contributed by atoms with E-state index in [-0.39, 0.29) is 17.0 Å². The monoisotopic (exact) mass is 395 g/mol. The molecule has 0 saturated carbocycles. The molecule has 0 aliphatic carbocycles. The van der Waals surface area contributed by atoms with Crippen molar-refractivity contribution in [2.45, 2.75) is 6.18 Å². The number of amides is 3. The Balaban J connectivity index is 2.08. The molecule has 140 valence electrons. The van der Waals surface area contributed by atoms with Crippen molar-refractivity contribution in [2.24, 2.45) is 0 Å². The third kappa shape index (κ3) is 4.41. The van der Waals surface area contributed by atoms with E-state index in [1.54, 1.807) is 5.32 Å². The predicted octanol–water partition coefficient (Wildman–Crippen LogP) is 2.86. The number of anilines is 2. The fourth-order valence-corrected chi connectivity index (χ4v) is 2.42. The Morgan fingerprint density at radius 1 is 1.12 bits per heavy atom. The summed E-state index contributed by atoms with van der Waals surface area (Å²) in [6.07, 6.45) is -4.73. The van der Waals surface area contributed by atoms with Gasteiger partial charge < -0.3 is 4.90 Å². The molecule has 0 fully saturated rings. The molecule has 0 atom stereocenters. The number of rotatable bonds is 3. The Labute approximate surface area is 146 Å². The largest absolute Gasteiger partial charge is 0.445 e. The van der Waals surface area contributed by atoms with Crippen molar-refractivity contribution in [1.82, 2.24) is 15.5 Å². The van der Waals surface area contributed by atoms with Gasteiger partial charge in [0.2, 0.25) is 10.1 Å². The minimum Gasteiger partial charge on any atom is -0.373 e. The van der Waals surface area contributed by atoms with E-state index in [1.807, 2.05) is 5.32 Å². The van der Waals surface area contributed by atoms with Gasteiger partial charge in [-0.2, -0.15) is 13.2 Å². The number of nitrogens with one attached hydrogen (secondary N) is 2. The van der Waals surface area contributed by atoms with E-state index in [1.165, 1.54) is 14.1 Å². The molecule has 7 nitrogen and oxygen atoms in total. The maximum Gasteiger partial charge on any atom is 0.445 e. The van der Waals surface area contributed by atoms with Gasteiger partial charge in [-0.3, -0.25) is 15.4 Å². The fraction of sp³-hybridized carbons (Fsp3) is 0.231. The Bertz CT molecular complexity index is 829. The SMILES string of the molecule is CN(C)c1c(F)cc(C(=O)NC(=O)Nc2nnc(C(F)(F)F)s2)cc1F. The van der Waals surface area contributed by atoms with Crippen LogP contribution in [0.3, 0.4) is 0 Å². The maximum atomic E-state index is 13.8. The third-order valence-electron chi connectivity index (χ3n) is 2.84. The molecule has 3 amide bonds. The van der Waals surface area contributed by atoms with Crippen LogP contribution in [0.25, 0.3) is 0 Å². The average molecular weight is 395 g/mol. The summed E-state index contributed by atoms with van der Waals surface area (Å²) < 4.78 is 64.8. The van der Waals surface area contributed by atoms with Gasteiger partial charge in [0.05, 0.1) is 0 Å². The Kier molecular flexibility index (Phi) is 5.39. The molecule has 1 aromatic heterocycles. The molecule has 2 aromatic rings. The number of urea groups is 1. The minimum absolute atomic E-state index is 0.0451. The Hall–Kier alpha value is -2.83. The minimum atomic E-state index is -4.73. The van der Waals surface area contributed by atoms with E-state index in [4.69, 9.17) is 0 Å². The highest BCUT2D eigenvalue weighted by Gasteiger charge is 2.35. The summed E-state index contributed by atoms with van der Waals surface area (Å²) in [6, 6.07) is 0.193. The van der Waals surface area contributed by atoms with Crippen LogP contribution < -0.4 is 15.5 Å².